The fraction of sp³-hybridized carbons (Fsp3) is 0.450. The Labute approximate surface area is 161 Å². The average Bonchev–Trinajstić information content (AvgIpc) is 2.55. The van der Waals surface area contributed by atoms with Crippen molar-refractivity contribution in [3.63, 3.8) is 0 Å². The van der Waals surface area contributed by atoms with E-state index >= 15 is 0 Å². The lowest BCUT2D eigenvalue weighted by atomic mass is 10.0. The van der Waals surface area contributed by atoms with Crippen LogP contribution in [-0.4, -0.2) is 31.0 Å². The van der Waals surface area contributed by atoms with Crippen molar-refractivity contribution in [2.24, 2.45) is 17.4 Å². The predicted molar refractivity (Wildman–Crippen MR) is 105 cm³/mol. The largest absolute Gasteiger partial charge is 0.460 e. The van der Waals surface area contributed by atoms with Crippen LogP contribution in [-0.2, 0) is 30.5 Å². The van der Waals surface area contributed by atoms with Gasteiger partial charge in [0.15, 0.2) is 0 Å². The van der Waals surface area contributed by atoms with Crippen molar-refractivity contribution < 1.29 is 23.9 Å². The molecule has 1 aromatic carbocycles. The Bertz CT molecular complexity index is 553. The number of rotatable bonds is 7. The highest BCUT2D eigenvalue weighted by Crippen LogP contribution is 2.14. The highest BCUT2D eigenvalue weighted by atomic mass is 16.6. The molecule has 0 aliphatic heterocycles. The number of hydrogen-bond acceptors (Lipinski definition) is 5. The number of amides is 2. The van der Waals surface area contributed by atoms with Gasteiger partial charge in [-0.3, -0.25) is 14.4 Å². The summed E-state index contributed by atoms with van der Waals surface area (Å²) in [5.74, 6) is -1.42. The summed E-state index contributed by atoms with van der Waals surface area (Å²) < 4.78 is 10.0. The first kappa shape index (κ1) is 26.6. The van der Waals surface area contributed by atoms with E-state index in [-0.39, 0.29) is 12.8 Å². The van der Waals surface area contributed by atoms with Gasteiger partial charge in [-0.2, -0.15) is 0 Å². The van der Waals surface area contributed by atoms with Gasteiger partial charge in [-0.25, -0.2) is 0 Å². The zero-order chi connectivity index (χ0) is 21.3. The van der Waals surface area contributed by atoms with Crippen LogP contribution < -0.4 is 11.5 Å². The van der Waals surface area contributed by atoms with E-state index in [9.17, 15) is 9.59 Å². The maximum Gasteiger partial charge on any atom is 0.307 e. The highest BCUT2D eigenvalue weighted by Gasteiger charge is 2.22. The molecule has 0 heterocycles. The van der Waals surface area contributed by atoms with Crippen LogP contribution in [0.15, 0.2) is 43.0 Å². The summed E-state index contributed by atoms with van der Waals surface area (Å²) in [5.41, 5.74) is 9.99. The van der Waals surface area contributed by atoms with E-state index in [4.69, 9.17) is 20.0 Å². The second-order valence-electron chi connectivity index (χ2n) is 6.47. The molecular formula is C20H32N2O5. The fourth-order valence-electron chi connectivity index (χ4n) is 1.83. The Hall–Kier alpha value is -2.67. The first-order valence-electron chi connectivity index (χ1n) is 8.41. The van der Waals surface area contributed by atoms with Gasteiger partial charge in [0.05, 0.1) is 18.9 Å². The van der Waals surface area contributed by atoms with Gasteiger partial charge in [0.1, 0.15) is 5.60 Å². The van der Waals surface area contributed by atoms with E-state index < -0.39 is 23.4 Å². The molecule has 0 fully saturated rings. The molecule has 152 valence electrons. The van der Waals surface area contributed by atoms with Gasteiger partial charge in [0.2, 0.25) is 12.3 Å². The van der Waals surface area contributed by atoms with Crippen LogP contribution in [0.1, 0.15) is 39.2 Å². The molecule has 0 spiro atoms. The van der Waals surface area contributed by atoms with Crippen LogP contribution in [0.3, 0.4) is 0 Å². The Morgan fingerprint density at radius 2 is 1.74 bits per heavy atom. The maximum atomic E-state index is 11.4. The SMILES string of the molecule is C=CCC(CC(=O)OC(C)(C)C)C(N)=O.COCc1ccccc1.NC=O. The second-order valence-corrected chi connectivity index (χ2v) is 6.47. The molecule has 7 nitrogen and oxygen atoms in total. The number of hydrogen-bond donors (Lipinski definition) is 2. The number of benzene rings is 1. The molecule has 0 saturated heterocycles. The summed E-state index contributed by atoms with van der Waals surface area (Å²) in [6, 6.07) is 10.1. The molecule has 1 rings (SSSR count). The van der Waals surface area contributed by atoms with E-state index in [1.54, 1.807) is 34.0 Å². The number of allylic oxidation sites excluding steroid dienone is 1. The van der Waals surface area contributed by atoms with E-state index in [1.807, 2.05) is 30.3 Å². The van der Waals surface area contributed by atoms with Gasteiger partial charge in [-0.1, -0.05) is 36.4 Å². The predicted octanol–water partition coefficient (Wildman–Crippen LogP) is 2.33. The third-order valence-corrected chi connectivity index (χ3v) is 2.84. The second kappa shape index (κ2) is 15.6. The fourth-order valence-corrected chi connectivity index (χ4v) is 1.83. The third-order valence-electron chi connectivity index (χ3n) is 2.84. The lowest BCUT2D eigenvalue weighted by molar-refractivity contribution is -0.157. The van der Waals surface area contributed by atoms with Crippen LogP contribution in [0, 0.1) is 5.92 Å². The van der Waals surface area contributed by atoms with Crippen LogP contribution in [0.2, 0.25) is 0 Å². The van der Waals surface area contributed by atoms with Crippen molar-refractivity contribution in [1.82, 2.24) is 0 Å². The number of primary amides is 2. The van der Waals surface area contributed by atoms with Gasteiger partial charge in [-0.05, 0) is 32.8 Å². The van der Waals surface area contributed by atoms with Crippen molar-refractivity contribution in [2.45, 2.75) is 45.8 Å². The molecule has 27 heavy (non-hydrogen) atoms. The van der Waals surface area contributed by atoms with E-state index in [1.165, 1.54) is 5.56 Å². The van der Waals surface area contributed by atoms with Gasteiger partial charge in [0.25, 0.3) is 0 Å². The molecule has 0 bridgehead atoms. The smallest absolute Gasteiger partial charge is 0.307 e. The lowest BCUT2D eigenvalue weighted by Gasteiger charge is -2.20. The number of carbonyl (C=O) groups excluding carboxylic acids is 3. The molecule has 7 heteroatoms. The van der Waals surface area contributed by atoms with Crippen molar-refractivity contribution in [3.05, 3.63) is 48.6 Å². The van der Waals surface area contributed by atoms with Gasteiger partial charge in [0, 0.05) is 7.11 Å². The zero-order valence-corrected chi connectivity index (χ0v) is 16.6. The van der Waals surface area contributed by atoms with Crippen LogP contribution in [0.25, 0.3) is 0 Å². The molecule has 0 radical (unpaired) electrons. The molecular weight excluding hydrogens is 348 g/mol. The van der Waals surface area contributed by atoms with E-state index in [2.05, 4.69) is 12.3 Å². The number of nitrogens with two attached hydrogens (primary N) is 2. The number of methoxy groups -OCH3 is 1. The van der Waals surface area contributed by atoms with Crippen molar-refractivity contribution in [2.75, 3.05) is 7.11 Å². The summed E-state index contributed by atoms with van der Waals surface area (Å²) in [5, 5.41) is 0. The number of esters is 1. The molecule has 1 unspecified atom stereocenters. The monoisotopic (exact) mass is 380 g/mol. The molecule has 0 aliphatic carbocycles. The van der Waals surface area contributed by atoms with Gasteiger partial charge in [-0.15, -0.1) is 6.58 Å². The number of ether oxygens (including phenoxy) is 2. The Morgan fingerprint density at radius 3 is 2.11 bits per heavy atom. The zero-order valence-electron chi connectivity index (χ0n) is 16.6. The van der Waals surface area contributed by atoms with Crippen LogP contribution in [0.5, 0.6) is 0 Å². The topological polar surface area (TPSA) is 122 Å². The van der Waals surface area contributed by atoms with Crippen LogP contribution >= 0.6 is 0 Å². The average molecular weight is 380 g/mol. The van der Waals surface area contributed by atoms with Gasteiger partial charge < -0.3 is 20.9 Å². The first-order valence-corrected chi connectivity index (χ1v) is 8.41. The summed E-state index contributed by atoms with van der Waals surface area (Å²) in [7, 11) is 1.70. The number of carbonyl (C=O) groups is 3. The van der Waals surface area contributed by atoms with E-state index in [0.717, 1.165) is 0 Å². The Balaban J connectivity index is 0. The van der Waals surface area contributed by atoms with Crippen molar-refractivity contribution in [1.29, 1.82) is 0 Å². The highest BCUT2D eigenvalue weighted by molar-refractivity contribution is 5.82. The molecule has 0 aliphatic rings. The summed E-state index contributed by atoms with van der Waals surface area (Å²) in [4.78, 5) is 30.9. The standard InChI is InChI=1S/C11H19NO3.C8H10O.CH3NO/c1-5-6-8(10(12)14)7-9(13)15-11(2,3)4;1-9-7-8-5-3-2-4-6-8;2-1-3/h5,8H,1,6-7H2,2-4H3,(H2,12,14);2-6H,7H2,1H3;1H,(H2,2,3). The summed E-state index contributed by atoms with van der Waals surface area (Å²) in [6.45, 7) is 9.54. The molecule has 2 amide bonds. The quantitative estimate of drug-likeness (QED) is 0.427. The maximum absolute atomic E-state index is 11.4. The van der Waals surface area contributed by atoms with Crippen LogP contribution in [0.4, 0.5) is 0 Å². The minimum absolute atomic E-state index is 0.0125. The molecule has 0 aromatic heterocycles. The minimum Gasteiger partial charge on any atom is -0.460 e. The Morgan fingerprint density at radius 1 is 1.22 bits per heavy atom. The van der Waals surface area contributed by atoms with Crippen molar-refractivity contribution in [3.8, 4) is 0 Å². The molecule has 4 N–H and O–H groups in total. The molecule has 1 aromatic rings. The summed E-state index contributed by atoms with van der Waals surface area (Å²) in [6.07, 6.45) is 2.23. The molecule has 0 saturated carbocycles. The normalized spacial score (nSPS) is 10.8. The summed E-state index contributed by atoms with van der Waals surface area (Å²) >= 11 is 0. The van der Waals surface area contributed by atoms with Crippen molar-refractivity contribution >= 4 is 18.3 Å². The van der Waals surface area contributed by atoms with E-state index in [0.29, 0.717) is 13.0 Å². The minimum atomic E-state index is -0.534. The van der Waals surface area contributed by atoms with Gasteiger partial charge >= 0.3 is 5.97 Å². The Kier molecular flexibility index (Phi) is 15.3. The molecule has 1 atom stereocenters. The first-order chi connectivity index (χ1) is 12.6. The third kappa shape index (κ3) is 17.9. The lowest BCUT2D eigenvalue weighted by Crippen LogP contribution is -2.29.